The molecule has 0 heterocycles. The lowest BCUT2D eigenvalue weighted by molar-refractivity contribution is -0.143. The highest BCUT2D eigenvalue weighted by molar-refractivity contribution is 5.93. The van der Waals surface area contributed by atoms with Crippen molar-refractivity contribution in [1.82, 2.24) is 10.2 Å². The van der Waals surface area contributed by atoms with Crippen molar-refractivity contribution in [2.45, 2.75) is 19.0 Å². The van der Waals surface area contributed by atoms with E-state index in [9.17, 15) is 13.2 Å². The normalized spacial score (nSPS) is 12.3. The van der Waals surface area contributed by atoms with Crippen LogP contribution in [0.1, 0.15) is 12.8 Å². The van der Waals surface area contributed by atoms with E-state index in [2.05, 4.69) is 15.6 Å². The molecule has 9 heteroatoms. The third kappa shape index (κ3) is 11.3. The van der Waals surface area contributed by atoms with Crippen molar-refractivity contribution >= 4 is 11.6 Å². The van der Waals surface area contributed by atoms with Gasteiger partial charge >= 0.3 is 6.18 Å². The number of benzene rings is 1. The van der Waals surface area contributed by atoms with Gasteiger partial charge < -0.3 is 20.1 Å². The van der Waals surface area contributed by atoms with Gasteiger partial charge in [-0.25, -0.2) is 0 Å². The van der Waals surface area contributed by atoms with E-state index in [1.54, 1.807) is 14.2 Å². The molecule has 154 valence electrons. The molecule has 0 aliphatic heterocycles. The number of halogens is 3. The summed E-state index contributed by atoms with van der Waals surface area (Å²) >= 11 is 0. The molecule has 0 fully saturated rings. The van der Waals surface area contributed by atoms with Crippen molar-refractivity contribution in [2.24, 2.45) is 4.99 Å². The van der Waals surface area contributed by atoms with E-state index in [-0.39, 0.29) is 0 Å². The number of alkyl halides is 3. The highest BCUT2D eigenvalue weighted by Gasteiger charge is 2.28. The Labute approximate surface area is 158 Å². The minimum absolute atomic E-state index is 0.342. The van der Waals surface area contributed by atoms with Gasteiger partial charge in [0.25, 0.3) is 0 Å². The van der Waals surface area contributed by atoms with Gasteiger partial charge in [-0.15, -0.1) is 0 Å². The van der Waals surface area contributed by atoms with E-state index in [0.717, 1.165) is 17.9 Å². The predicted molar refractivity (Wildman–Crippen MR) is 102 cm³/mol. The van der Waals surface area contributed by atoms with Crippen molar-refractivity contribution < 1.29 is 22.6 Å². The zero-order valence-electron chi connectivity index (χ0n) is 16.1. The molecule has 0 atom stereocenters. The fourth-order valence-electron chi connectivity index (χ4n) is 2.31. The van der Waals surface area contributed by atoms with Gasteiger partial charge in [-0.05, 0) is 32.1 Å². The second-order valence-corrected chi connectivity index (χ2v) is 6.05. The first-order valence-corrected chi connectivity index (χ1v) is 8.79. The molecule has 0 aliphatic rings. The first-order valence-electron chi connectivity index (χ1n) is 8.79. The highest BCUT2D eigenvalue weighted by atomic mass is 19.4. The summed E-state index contributed by atoms with van der Waals surface area (Å²) in [7, 11) is 4.74. The fourth-order valence-corrected chi connectivity index (χ4v) is 2.31. The van der Waals surface area contributed by atoms with Crippen LogP contribution in [-0.2, 0) is 4.74 Å². The van der Waals surface area contributed by atoms with Crippen molar-refractivity contribution in [1.29, 1.82) is 0 Å². The summed E-state index contributed by atoms with van der Waals surface area (Å²) in [6, 6.07) is 7.47. The molecule has 0 saturated heterocycles. The maximum atomic E-state index is 12.3. The lowest BCUT2D eigenvalue weighted by Gasteiger charge is -2.19. The molecule has 1 aromatic rings. The number of guanidine groups is 1. The van der Waals surface area contributed by atoms with E-state index >= 15 is 0 Å². The molecule has 0 bridgehead atoms. The first-order chi connectivity index (χ1) is 12.8. The third-order valence-electron chi connectivity index (χ3n) is 3.54. The second-order valence-electron chi connectivity index (χ2n) is 6.05. The van der Waals surface area contributed by atoms with Gasteiger partial charge in [-0.3, -0.25) is 9.89 Å². The maximum Gasteiger partial charge on any atom is 0.401 e. The molecule has 27 heavy (non-hydrogen) atoms. The summed E-state index contributed by atoms with van der Waals surface area (Å²) in [6.07, 6.45) is -2.80. The summed E-state index contributed by atoms with van der Waals surface area (Å²) < 4.78 is 47.5. The van der Waals surface area contributed by atoms with E-state index < -0.39 is 12.7 Å². The standard InChI is InChI=1S/C18H29F3N4O2/c1-22-17(23-9-5-10-25(2)14-18(19,20)21)24-15-7-4-8-16(13-15)27-12-6-11-26-3/h4,7-8,13H,5-6,9-12,14H2,1-3H3,(H2,22,23,24). The minimum atomic E-state index is -4.17. The molecule has 0 spiro atoms. The van der Waals surface area contributed by atoms with Gasteiger partial charge in [0.2, 0.25) is 0 Å². The minimum Gasteiger partial charge on any atom is -0.493 e. The van der Waals surface area contributed by atoms with Gasteiger partial charge in [-0.1, -0.05) is 6.07 Å². The zero-order chi connectivity index (χ0) is 20.1. The van der Waals surface area contributed by atoms with E-state index in [1.165, 1.54) is 11.9 Å². The molecule has 0 unspecified atom stereocenters. The van der Waals surface area contributed by atoms with Crippen molar-refractivity contribution in [3.8, 4) is 5.75 Å². The van der Waals surface area contributed by atoms with Crippen LogP contribution in [0, 0.1) is 0 Å². The lowest BCUT2D eigenvalue weighted by atomic mass is 10.3. The summed E-state index contributed by atoms with van der Waals surface area (Å²) in [5, 5.41) is 6.23. The van der Waals surface area contributed by atoms with Crippen LogP contribution in [0.2, 0.25) is 0 Å². The number of rotatable bonds is 11. The van der Waals surface area contributed by atoms with Crippen molar-refractivity contribution in [3.05, 3.63) is 24.3 Å². The smallest absolute Gasteiger partial charge is 0.401 e. The van der Waals surface area contributed by atoms with Crippen LogP contribution in [0.5, 0.6) is 5.75 Å². The number of hydrogen-bond acceptors (Lipinski definition) is 4. The predicted octanol–water partition coefficient (Wildman–Crippen LogP) is 2.97. The average molecular weight is 390 g/mol. The SMILES string of the molecule is CN=C(NCCCN(C)CC(F)(F)F)Nc1cccc(OCCCOC)c1. The Balaban J connectivity index is 2.36. The number of ether oxygens (including phenoxy) is 2. The van der Waals surface area contributed by atoms with E-state index in [4.69, 9.17) is 9.47 Å². The highest BCUT2D eigenvalue weighted by Crippen LogP contribution is 2.17. The van der Waals surface area contributed by atoms with Gasteiger partial charge in [0.05, 0.1) is 13.2 Å². The van der Waals surface area contributed by atoms with Crippen LogP contribution in [-0.4, -0.2) is 71.1 Å². The molecule has 1 aromatic carbocycles. The zero-order valence-corrected chi connectivity index (χ0v) is 16.1. The Kier molecular flexibility index (Phi) is 10.6. The molecule has 0 aliphatic carbocycles. The van der Waals surface area contributed by atoms with E-state index in [1.807, 2.05) is 24.3 Å². The lowest BCUT2D eigenvalue weighted by Crippen LogP contribution is -2.35. The van der Waals surface area contributed by atoms with Crippen LogP contribution in [0.25, 0.3) is 0 Å². The van der Waals surface area contributed by atoms with Gasteiger partial charge in [0, 0.05) is 45.5 Å². The number of methoxy groups -OCH3 is 1. The van der Waals surface area contributed by atoms with Crippen LogP contribution < -0.4 is 15.4 Å². The Morgan fingerprint density at radius 2 is 2.00 bits per heavy atom. The molecule has 0 amide bonds. The molecule has 0 saturated carbocycles. The molecule has 0 aromatic heterocycles. The molecule has 1 rings (SSSR count). The van der Waals surface area contributed by atoms with Crippen LogP contribution in [0.15, 0.2) is 29.3 Å². The second kappa shape index (κ2) is 12.4. The quantitative estimate of drug-likeness (QED) is 0.346. The largest absolute Gasteiger partial charge is 0.493 e. The van der Waals surface area contributed by atoms with Crippen molar-refractivity contribution in [2.75, 3.05) is 59.4 Å². The Bertz CT molecular complexity index is 568. The Morgan fingerprint density at radius 3 is 2.67 bits per heavy atom. The van der Waals surface area contributed by atoms with Crippen molar-refractivity contribution in [3.63, 3.8) is 0 Å². The van der Waals surface area contributed by atoms with Crippen LogP contribution in [0.3, 0.4) is 0 Å². The first kappa shape index (κ1) is 23.0. The number of aliphatic imine (C=N–C) groups is 1. The van der Waals surface area contributed by atoms with Crippen LogP contribution >= 0.6 is 0 Å². The topological polar surface area (TPSA) is 58.1 Å². The Hall–Kier alpha value is -2.00. The monoisotopic (exact) mass is 390 g/mol. The average Bonchev–Trinajstić information content (AvgIpc) is 2.60. The number of nitrogens with zero attached hydrogens (tertiary/aromatic N) is 2. The summed E-state index contributed by atoms with van der Waals surface area (Å²) in [5.74, 6) is 1.28. The fraction of sp³-hybridized carbons (Fsp3) is 0.611. The number of hydrogen-bond donors (Lipinski definition) is 2. The molecular formula is C18H29F3N4O2. The summed E-state index contributed by atoms with van der Waals surface area (Å²) in [4.78, 5) is 5.37. The van der Waals surface area contributed by atoms with E-state index in [0.29, 0.717) is 38.7 Å². The van der Waals surface area contributed by atoms with Crippen LogP contribution in [0.4, 0.5) is 18.9 Å². The van der Waals surface area contributed by atoms with Gasteiger partial charge in [0.15, 0.2) is 5.96 Å². The van der Waals surface area contributed by atoms with Gasteiger partial charge in [-0.2, -0.15) is 13.2 Å². The molecule has 6 nitrogen and oxygen atoms in total. The maximum absolute atomic E-state index is 12.3. The third-order valence-corrected chi connectivity index (χ3v) is 3.54. The summed E-state index contributed by atoms with van der Waals surface area (Å²) in [5.41, 5.74) is 0.807. The molecular weight excluding hydrogens is 361 g/mol. The summed E-state index contributed by atoms with van der Waals surface area (Å²) in [6.45, 7) is 1.16. The number of nitrogens with one attached hydrogen (secondary N) is 2. The number of anilines is 1. The molecule has 0 radical (unpaired) electrons. The Morgan fingerprint density at radius 1 is 1.22 bits per heavy atom. The van der Waals surface area contributed by atoms with Gasteiger partial charge in [0.1, 0.15) is 5.75 Å². The molecule has 2 N–H and O–H groups in total.